The number of rotatable bonds is 5. The molecule has 10 heteroatoms. The smallest absolute Gasteiger partial charge is 0.251 e. The third-order valence-corrected chi connectivity index (χ3v) is 7.33. The highest BCUT2D eigenvalue weighted by Gasteiger charge is 2.27. The lowest BCUT2D eigenvalue weighted by molar-refractivity contribution is -0.141. The van der Waals surface area contributed by atoms with Crippen molar-refractivity contribution in [3.8, 4) is 17.2 Å². The summed E-state index contributed by atoms with van der Waals surface area (Å²) in [4.78, 5) is 15.7. The zero-order chi connectivity index (χ0) is 24.5. The number of nitriles is 1. The Labute approximate surface area is 206 Å². The van der Waals surface area contributed by atoms with Crippen LogP contribution in [-0.4, -0.2) is 54.5 Å². The van der Waals surface area contributed by atoms with Crippen LogP contribution in [0.25, 0.3) is 16.6 Å². The molecule has 4 heterocycles. The molecule has 2 atom stereocenters. The molecule has 0 bridgehead atoms. The van der Waals surface area contributed by atoms with E-state index in [0.717, 1.165) is 39.3 Å². The van der Waals surface area contributed by atoms with Crippen molar-refractivity contribution >= 4 is 28.9 Å². The monoisotopic (exact) mass is 487 g/mol. The normalized spacial score (nSPS) is 16.8. The van der Waals surface area contributed by atoms with Gasteiger partial charge in [-0.3, -0.25) is 9.48 Å². The molecule has 0 spiro atoms. The fourth-order valence-electron chi connectivity index (χ4n) is 4.42. The Kier molecular flexibility index (Phi) is 6.19. The van der Waals surface area contributed by atoms with Gasteiger partial charge in [-0.05, 0) is 38.0 Å². The number of carbonyl (C=O) groups is 1. The van der Waals surface area contributed by atoms with E-state index < -0.39 is 6.10 Å². The number of hydrogen-bond donors (Lipinski definition) is 2. The van der Waals surface area contributed by atoms with Gasteiger partial charge in [0.1, 0.15) is 12.2 Å². The molecule has 1 aromatic carbocycles. The Morgan fingerprint density at radius 1 is 1.23 bits per heavy atom. The van der Waals surface area contributed by atoms with E-state index >= 15 is 0 Å². The number of amides is 1. The maximum Gasteiger partial charge on any atom is 0.251 e. The van der Waals surface area contributed by atoms with Crippen LogP contribution < -0.4 is 5.73 Å². The first-order valence-corrected chi connectivity index (χ1v) is 12.2. The number of anilines is 1. The van der Waals surface area contributed by atoms with E-state index in [-0.39, 0.29) is 11.9 Å². The maximum absolute atomic E-state index is 12.3. The number of nitrogens with zero attached hydrogens (tertiary/aromatic N) is 6. The van der Waals surface area contributed by atoms with Gasteiger partial charge in [0.2, 0.25) is 0 Å². The molecule has 35 heavy (non-hydrogen) atoms. The molecule has 0 aliphatic carbocycles. The van der Waals surface area contributed by atoms with Gasteiger partial charge in [0.15, 0.2) is 0 Å². The van der Waals surface area contributed by atoms with Crippen molar-refractivity contribution in [1.29, 1.82) is 5.26 Å². The molecule has 9 nitrogen and oxygen atoms in total. The van der Waals surface area contributed by atoms with E-state index in [1.807, 2.05) is 47.4 Å². The predicted molar refractivity (Wildman–Crippen MR) is 133 cm³/mol. The van der Waals surface area contributed by atoms with Gasteiger partial charge in [-0.1, -0.05) is 23.9 Å². The standard InChI is InChI=1S/C25H25N7O2S/c1-16(33)25(34)30-8-4-5-20(15-30)31-14-19(12-28-31)17-9-23(35-22-7-3-2-6-21(22)27)24-18(10-26)11-29-32(24)13-17/h2-3,6-7,9,11-14,16,20,33H,4-5,8,15,27H2,1H3/t16-,20+/m1/s1. The molecule has 3 aromatic heterocycles. The second-order valence-corrected chi connectivity index (χ2v) is 9.75. The number of aromatic nitrogens is 4. The molecule has 1 fully saturated rings. The van der Waals surface area contributed by atoms with Crippen LogP contribution >= 0.6 is 11.8 Å². The van der Waals surface area contributed by atoms with Crippen LogP contribution in [0.2, 0.25) is 0 Å². The van der Waals surface area contributed by atoms with Crippen molar-refractivity contribution in [3.05, 3.63) is 60.7 Å². The molecule has 1 aliphatic rings. The van der Waals surface area contributed by atoms with Crippen molar-refractivity contribution < 1.29 is 9.90 Å². The number of carbonyl (C=O) groups excluding carboxylic acids is 1. The van der Waals surface area contributed by atoms with Crippen molar-refractivity contribution in [3.63, 3.8) is 0 Å². The highest BCUT2D eigenvalue weighted by molar-refractivity contribution is 7.99. The van der Waals surface area contributed by atoms with E-state index in [1.165, 1.54) is 18.7 Å². The number of aliphatic hydroxyl groups excluding tert-OH is 1. The highest BCUT2D eigenvalue weighted by atomic mass is 32.2. The third kappa shape index (κ3) is 4.48. The minimum Gasteiger partial charge on any atom is -0.398 e. The Morgan fingerprint density at radius 3 is 2.83 bits per heavy atom. The number of nitrogen functional groups attached to an aromatic ring is 1. The summed E-state index contributed by atoms with van der Waals surface area (Å²) in [7, 11) is 0. The highest BCUT2D eigenvalue weighted by Crippen LogP contribution is 2.38. The van der Waals surface area contributed by atoms with Crippen LogP contribution in [-0.2, 0) is 4.79 Å². The van der Waals surface area contributed by atoms with Gasteiger partial charge < -0.3 is 15.7 Å². The van der Waals surface area contributed by atoms with Crippen molar-refractivity contribution in [2.75, 3.05) is 18.8 Å². The topological polar surface area (TPSA) is 125 Å². The average molecular weight is 488 g/mol. The molecule has 1 amide bonds. The number of nitrogens with two attached hydrogens (primary N) is 1. The zero-order valence-electron chi connectivity index (χ0n) is 19.2. The molecule has 178 valence electrons. The minimum atomic E-state index is -1.00. The summed E-state index contributed by atoms with van der Waals surface area (Å²) in [6.07, 6.45) is 7.99. The van der Waals surface area contributed by atoms with Crippen molar-refractivity contribution in [1.82, 2.24) is 24.3 Å². The van der Waals surface area contributed by atoms with Gasteiger partial charge in [0.05, 0.1) is 29.5 Å². The van der Waals surface area contributed by atoms with E-state index in [1.54, 1.807) is 21.8 Å². The molecule has 5 rings (SSSR count). The lowest BCUT2D eigenvalue weighted by Gasteiger charge is -2.33. The molecule has 0 saturated carbocycles. The Bertz CT molecular complexity index is 1440. The quantitative estimate of drug-likeness (QED) is 0.414. The fraction of sp³-hybridized carbons (Fsp3) is 0.280. The summed E-state index contributed by atoms with van der Waals surface area (Å²) in [5, 5.41) is 28.3. The van der Waals surface area contributed by atoms with Crippen LogP contribution in [0.3, 0.4) is 0 Å². The number of piperidine rings is 1. The summed E-state index contributed by atoms with van der Waals surface area (Å²) in [5.41, 5.74) is 9.88. The number of aliphatic hydroxyl groups is 1. The molecule has 0 radical (unpaired) electrons. The summed E-state index contributed by atoms with van der Waals surface area (Å²) in [6.45, 7) is 2.66. The zero-order valence-corrected chi connectivity index (χ0v) is 20.0. The Hall–Kier alpha value is -3.81. The molecular formula is C25H25N7O2S. The first-order valence-electron chi connectivity index (χ1n) is 11.4. The molecule has 3 N–H and O–H groups in total. The van der Waals surface area contributed by atoms with Crippen LogP contribution in [0.15, 0.2) is 64.9 Å². The number of likely N-dealkylation sites (tertiary alicyclic amines) is 1. The van der Waals surface area contributed by atoms with Gasteiger partial charge >= 0.3 is 0 Å². The van der Waals surface area contributed by atoms with Crippen molar-refractivity contribution in [2.24, 2.45) is 0 Å². The SMILES string of the molecule is C[C@@H](O)C(=O)N1CCC[C@H](n2cc(-c3cc(Sc4ccccc4N)c4c(C#N)cnn4c3)cn2)C1. The summed E-state index contributed by atoms with van der Waals surface area (Å²) < 4.78 is 3.61. The second-order valence-electron chi connectivity index (χ2n) is 8.66. The summed E-state index contributed by atoms with van der Waals surface area (Å²) in [5.74, 6) is -0.249. The molecule has 1 aliphatic heterocycles. The number of fused-ring (bicyclic) bond motifs is 1. The van der Waals surface area contributed by atoms with Gasteiger partial charge in [-0.15, -0.1) is 0 Å². The van der Waals surface area contributed by atoms with Crippen LogP contribution in [0.1, 0.15) is 31.4 Å². The third-order valence-electron chi connectivity index (χ3n) is 6.21. The molecule has 4 aromatic rings. The first kappa shape index (κ1) is 23.0. The lowest BCUT2D eigenvalue weighted by atomic mass is 10.1. The van der Waals surface area contributed by atoms with E-state index in [9.17, 15) is 15.2 Å². The average Bonchev–Trinajstić information content (AvgIpc) is 3.52. The maximum atomic E-state index is 12.3. The number of benzene rings is 1. The number of para-hydroxylation sites is 1. The number of pyridine rings is 1. The van der Waals surface area contributed by atoms with Crippen LogP contribution in [0, 0.1) is 11.3 Å². The van der Waals surface area contributed by atoms with Gasteiger partial charge in [-0.25, -0.2) is 4.52 Å². The molecule has 0 unspecified atom stereocenters. The van der Waals surface area contributed by atoms with Gasteiger partial charge in [-0.2, -0.15) is 15.5 Å². The first-order chi connectivity index (χ1) is 16.9. The molecule has 1 saturated heterocycles. The second kappa shape index (κ2) is 9.44. The van der Waals surface area contributed by atoms with Crippen molar-refractivity contribution in [2.45, 2.75) is 41.7 Å². The van der Waals surface area contributed by atoms with E-state index in [4.69, 9.17) is 5.73 Å². The lowest BCUT2D eigenvalue weighted by Crippen LogP contribution is -2.44. The molecular weight excluding hydrogens is 462 g/mol. The number of hydrogen-bond acceptors (Lipinski definition) is 7. The predicted octanol–water partition coefficient (Wildman–Crippen LogP) is 3.35. The van der Waals surface area contributed by atoms with Gasteiger partial charge in [0.25, 0.3) is 5.91 Å². The fourth-order valence-corrected chi connectivity index (χ4v) is 5.47. The van der Waals surface area contributed by atoms with Gasteiger partial charge in [0, 0.05) is 52.1 Å². The minimum absolute atomic E-state index is 0.0387. The summed E-state index contributed by atoms with van der Waals surface area (Å²) in [6, 6.07) is 11.9. The Morgan fingerprint density at radius 2 is 2.06 bits per heavy atom. The van der Waals surface area contributed by atoms with Crippen LogP contribution in [0.5, 0.6) is 0 Å². The van der Waals surface area contributed by atoms with Crippen LogP contribution in [0.4, 0.5) is 5.69 Å². The van der Waals surface area contributed by atoms with E-state index in [0.29, 0.717) is 24.3 Å². The van der Waals surface area contributed by atoms with E-state index in [2.05, 4.69) is 16.3 Å². The largest absolute Gasteiger partial charge is 0.398 e. The Balaban J connectivity index is 1.49. The summed E-state index contributed by atoms with van der Waals surface area (Å²) >= 11 is 1.50.